The van der Waals surface area contributed by atoms with Gasteiger partial charge in [-0.25, -0.2) is 0 Å². The van der Waals surface area contributed by atoms with E-state index in [1.807, 2.05) is 18.2 Å². The highest BCUT2D eigenvalue weighted by Gasteiger charge is 2.29. The van der Waals surface area contributed by atoms with Crippen molar-refractivity contribution in [1.82, 2.24) is 5.32 Å². The lowest BCUT2D eigenvalue weighted by molar-refractivity contribution is -0.117. The molecular weight excluding hydrogens is 320 g/mol. The minimum absolute atomic E-state index is 0.0556. The Kier molecular flexibility index (Phi) is 4.01. The molecule has 1 fully saturated rings. The first kappa shape index (κ1) is 15.5. The van der Waals surface area contributed by atoms with Crippen LogP contribution < -0.4 is 20.1 Å². The summed E-state index contributed by atoms with van der Waals surface area (Å²) in [4.78, 5) is 24.0. The highest BCUT2D eigenvalue weighted by Crippen LogP contribution is 2.32. The number of hydrogen-bond acceptors (Lipinski definition) is 4. The molecule has 6 heteroatoms. The second kappa shape index (κ2) is 6.47. The number of benzene rings is 2. The van der Waals surface area contributed by atoms with Crippen LogP contribution in [-0.4, -0.2) is 18.6 Å². The van der Waals surface area contributed by atoms with Gasteiger partial charge < -0.3 is 20.1 Å². The Hall–Kier alpha value is -3.02. The third-order valence-corrected chi connectivity index (χ3v) is 4.25. The molecule has 2 aliphatic rings. The number of anilines is 1. The topological polar surface area (TPSA) is 76.7 Å². The fraction of sp³-hybridized carbons (Fsp3) is 0.263. The molecule has 0 atom stereocenters. The van der Waals surface area contributed by atoms with E-state index < -0.39 is 0 Å². The van der Waals surface area contributed by atoms with Crippen molar-refractivity contribution < 1.29 is 19.1 Å². The van der Waals surface area contributed by atoms with Gasteiger partial charge in [-0.15, -0.1) is 0 Å². The van der Waals surface area contributed by atoms with E-state index in [4.69, 9.17) is 9.47 Å². The van der Waals surface area contributed by atoms with Gasteiger partial charge in [0.1, 0.15) is 0 Å². The molecule has 0 unspecified atom stereocenters. The van der Waals surface area contributed by atoms with Crippen LogP contribution in [0, 0.1) is 5.92 Å². The third kappa shape index (κ3) is 3.57. The molecule has 2 aromatic carbocycles. The largest absolute Gasteiger partial charge is 0.454 e. The van der Waals surface area contributed by atoms with E-state index in [-0.39, 0.29) is 24.5 Å². The smallest absolute Gasteiger partial charge is 0.251 e. The fourth-order valence-electron chi connectivity index (χ4n) is 2.63. The first-order valence-electron chi connectivity index (χ1n) is 8.27. The van der Waals surface area contributed by atoms with Crippen LogP contribution in [0.2, 0.25) is 0 Å². The van der Waals surface area contributed by atoms with E-state index in [9.17, 15) is 9.59 Å². The van der Waals surface area contributed by atoms with Crippen molar-refractivity contribution in [3.63, 3.8) is 0 Å². The van der Waals surface area contributed by atoms with Gasteiger partial charge in [0.15, 0.2) is 11.5 Å². The Balaban J connectivity index is 1.33. The molecule has 6 nitrogen and oxygen atoms in total. The number of carbonyl (C=O) groups excluding carboxylic acids is 2. The Bertz CT molecular complexity index is 813. The predicted molar refractivity (Wildman–Crippen MR) is 91.5 cm³/mol. The number of hydrogen-bond donors (Lipinski definition) is 2. The molecule has 0 spiro atoms. The second-order valence-electron chi connectivity index (χ2n) is 6.21. The molecule has 4 rings (SSSR count). The Morgan fingerprint density at radius 1 is 1.00 bits per heavy atom. The lowest BCUT2D eigenvalue weighted by Crippen LogP contribution is -2.22. The van der Waals surface area contributed by atoms with Crippen LogP contribution in [0.4, 0.5) is 5.69 Å². The molecule has 2 N–H and O–H groups in total. The zero-order chi connectivity index (χ0) is 17.2. The molecule has 2 aromatic rings. The summed E-state index contributed by atoms with van der Waals surface area (Å²) in [5.41, 5.74) is 2.19. The van der Waals surface area contributed by atoms with Gasteiger partial charge in [0, 0.05) is 23.7 Å². The summed E-state index contributed by atoms with van der Waals surface area (Å²) in [6.07, 6.45) is 1.93. The van der Waals surface area contributed by atoms with Crippen LogP contribution >= 0.6 is 0 Å². The highest BCUT2D eigenvalue weighted by atomic mass is 16.7. The van der Waals surface area contributed by atoms with Crippen molar-refractivity contribution in [3.8, 4) is 11.5 Å². The molecule has 1 heterocycles. The maximum atomic E-state index is 12.2. The predicted octanol–water partition coefficient (Wildman–Crippen LogP) is 2.69. The number of carbonyl (C=O) groups is 2. The zero-order valence-electron chi connectivity index (χ0n) is 13.6. The molecule has 0 radical (unpaired) electrons. The van der Waals surface area contributed by atoms with Gasteiger partial charge in [0.2, 0.25) is 12.7 Å². The van der Waals surface area contributed by atoms with Gasteiger partial charge >= 0.3 is 0 Å². The van der Waals surface area contributed by atoms with Crippen LogP contribution in [-0.2, 0) is 11.3 Å². The van der Waals surface area contributed by atoms with Gasteiger partial charge in [-0.2, -0.15) is 0 Å². The molecule has 1 aliphatic carbocycles. The molecule has 1 saturated carbocycles. The summed E-state index contributed by atoms with van der Waals surface area (Å²) in [7, 11) is 0. The summed E-state index contributed by atoms with van der Waals surface area (Å²) >= 11 is 0. The zero-order valence-corrected chi connectivity index (χ0v) is 13.6. The van der Waals surface area contributed by atoms with Gasteiger partial charge in [0.25, 0.3) is 5.91 Å². The molecule has 128 valence electrons. The van der Waals surface area contributed by atoms with Crippen LogP contribution in [0.15, 0.2) is 42.5 Å². The SMILES string of the molecule is O=C(NCc1ccc2c(c1)OCO2)c1ccc(NC(=O)C2CC2)cc1. The Morgan fingerprint density at radius 2 is 1.76 bits per heavy atom. The molecule has 25 heavy (non-hydrogen) atoms. The summed E-state index contributed by atoms with van der Waals surface area (Å²) in [6, 6.07) is 12.5. The minimum atomic E-state index is -0.169. The number of amides is 2. The number of fused-ring (bicyclic) bond motifs is 1. The van der Waals surface area contributed by atoms with E-state index in [1.165, 1.54) is 0 Å². The molecule has 0 bridgehead atoms. The summed E-state index contributed by atoms with van der Waals surface area (Å²) < 4.78 is 10.6. The molecule has 0 aromatic heterocycles. The monoisotopic (exact) mass is 338 g/mol. The Morgan fingerprint density at radius 3 is 2.52 bits per heavy atom. The number of ether oxygens (including phenoxy) is 2. The lowest BCUT2D eigenvalue weighted by atomic mass is 10.1. The fourth-order valence-corrected chi connectivity index (χ4v) is 2.63. The standard InChI is InChI=1S/C19H18N2O4/c22-18(20-10-12-1-8-16-17(9-12)25-11-24-16)13-4-6-15(7-5-13)21-19(23)14-2-3-14/h1,4-9,14H,2-3,10-11H2,(H,20,22)(H,21,23). The lowest BCUT2D eigenvalue weighted by Gasteiger charge is -2.08. The van der Waals surface area contributed by atoms with Crippen molar-refractivity contribution in [2.24, 2.45) is 5.92 Å². The van der Waals surface area contributed by atoms with Crippen LogP contribution in [0.25, 0.3) is 0 Å². The van der Waals surface area contributed by atoms with Crippen molar-refractivity contribution in [2.75, 3.05) is 12.1 Å². The molecular formula is C19H18N2O4. The quantitative estimate of drug-likeness (QED) is 0.879. The van der Waals surface area contributed by atoms with Crippen molar-refractivity contribution in [1.29, 1.82) is 0 Å². The summed E-state index contributed by atoms with van der Waals surface area (Å²) in [5.74, 6) is 1.46. The highest BCUT2D eigenvalue weighted by molar-refractivity contribution is 5.96. The maximum Gasteiger partial charge on any atom is 0.251 e. The van der Waals surface area contributed by atoms with E-state index in [0.29, 0.717) is 23.5 Å². The average molecular weight is 338 g/mol. The number of nitrogens with one attached hydrogen (secondary N) is 2. The van der Waals surface area contributed by atoms with Crippen LogP contribution in [0.3, 0.4) is 0 Å². The van der Waals surface area contributed by atoms with E-state index >= 15 is 0 Å². The van der Waals surface area contributed by atoms with Crippen LogP contribution in [0.1, 0.15) is 28.8 Å². The second-order valence-corrected chi connectivity index (χ2v) is 6.21. The third-order valence-electron chi connectivity index (χ3n) is 4.25. The minimum Gasteiger partial charge on any atom is -0.454 e. The molecule has 0 saturated heterocycles. The van der Waals surface area contributed by atoms with Crippen molar-refractivity contribution in [2.45, 2.75) is 19.4 Å². The molecule has 2 amide bonds. The van der Waals surface area contributed by atoms with Gasteiger partial charge in [-0.05, 0) is 54.8 Å². The normalized spacial score (nSPS) is 14.9. The van der Waals surface area contributed by atoms with E-state index in [2.05, 4.69) is 10.6 Å². The maximum absolute atomic E-state index is 12.2. The van der Waals surface area contributed by atoms with Gasteiger partial charge in [-0.1, -0.05) is 6.07 Å². The number of rotatable bonds is 5. The first-order chi connectivity index (χ1) is 12.2. The van der Waals surface area contributed by atoms with E-state index in [0.717, 1.165) is 24.2 Å². The Labute approximate surface area is 145 Å². The average Bonchev–Trinajstić information content (AvgIpc) is 3.38. The van der Waals surface area contributed by atoms with Crippen molar-refractivity contribution >= 4 is 17.5 Å². The van der Waals surface area contributed by atoms with Crippen molar-refractivity contribution in [3.05, 3.63) is 53.6 Å². The van der Waals surface area contributed by atoms with Gasteiger partial charge in [0.05, 0.1) is 0 Å². The summed E-state index contributed by atoms with van der Waals surface area (Å²) in [6.45, 7) is 0.629. The van der Waals surface area contributed by atoms with E-state index in [1.54, 1.807) is 24.3 Å². The molecule has 1 aliphatic heterocycles. The summed E-state index contributed by atoms with van der Waals surface area (Å²) in [5, 5.41) is 5.73. The first-order valence-corrected chi connectivity index (χ1v) is 8.27. The van der Waals surface area contributed by atoms with Crippen LogP contribution in [0.5, 0.6) is 11.5 Å². The van der Waals surface area contributed by atoms with Gasteiger partial charge in [-0.3, -0.25) is 9.59 Å².